The molecule has 0 atom stereocenters. The summed E-state index contributed by atoms with van der Waals surface area (Å²) in [6, 6.07) is 10.8. The van der Waals surface area contributed by atoms with Crippen molar-refractivity contribution in [3.63, 3.8) is 0 Å². The van der Waals surface area contributed by atoms with Crippen LogP contribution in [0.1, 0.15) is 5.56 Å². The van der Waals surface area contributed by atoms with Crippen molar-refractivity contribution in [2.75, 3.05) is 0 Å². The number of fused-ring (bicyclic) bond motifs is 1. The van der Waals surface area contributed by atoms with Crippen LogP contribution in [0, 0.1) is 11.2 Å². The number of nitrogens with one attached hydrogen (secondary N) is 1. The Morgan fingerprint density at radius 1 is 1.30 bits per heavy atom. The van der Waals surface area contributed by atoms with E-state index in [4.69, 9.17) is 27.5 Å². The number of rotatable bonds is 2. The molecule has 2 aromatic carbocycles. The highest BCUT2D eigenvalue weighted by Crippen LogP contribution is 2.28. The van der Waals surface area contributed by atoms with Crippen LogP contribution < -0.4 is 5.73 Å². The van der Waals surface area contributed by atoms with Gasteiger partial charge in [0.05, 0.1) is 20.8 Å². The second-order valence-corrected chi connectivity index (χ2v) is 5.89. The summed E-state index contributed by atoms with van der Waals surface area (Å²) in [7, 11) is 0. The van der Waals surface area contributed by atoms with Crippen molar-refractivity contribution < 1.29 is 9.13 Å². The molecule has 3 rings (SSSR count). The van der Waals surface area contributed by atoms with Crippen LogP contribution in [0.4, 0.5) is 9.52 Å². The third-order valence-corrected chi connectivity index (χ3v) is 4.11. The second kappa shape index (κ2) is 6.31. The quantitative estimate of drug-likeness (QED) is 0.540. The van der Waals surface area contributed by atoms with Gasteiger partial charge in [-0.3, -0.25) is 5.41 Å². The highest BCUT2D eigenvalue weighted by Gasteiger charge is 2.10. The molecule has 0 saturated carbocycles. The van der Waals surface area contributed by atoms with E-state index in [9.17, 15) is 4.39 Å². The molecular weight excluding hydrogens is 339 g/mol. The molecule has 0 spiro atoms. The summed E-state index contributed by atoms with van der Waals surface area (Å²) in [6.45, 7) is 0. The summed E-state index contributed by atoms with van der Waals surface area (Å²) < 4.78 is 19.0. The van der Waals surface area contributed by atoms with Crippen molar-refractivity contribution in [1.82, 2.24) is 4.98 Å². The van der Waals surface area contributed by atoms with E-state index in [1.807, 2.05) is 0 Å². The zero-order chi connectivity index (χ0) is 16.4. The molecule has 0 aliphatic rings. The smallest absolute Gasteiger partial charge is 0.296 e. The lowest BCUT2D eigenvalue weighted by atomic mass is 10.2. The molecule has 8 heteroatoms. The van der Waals surface area contributed by atoms with Gasteiger partial charge >= 0.3 is 0 Å². The lowest BCUT2D eigenvalue weighted by Crippen LogP contribution is -2.20. The van der Waals surface area contributed by atoms with Gasteiger partial charge in [-0.15, -0.1) is 0 Å². The Bertz CT molecular complexity index is 925. The molecule has 3 N–H and O–H groups in total. The van der Waals surface area contributed by atoms with Crippen molar-refractivity contribution in [2.24, 2.45) is 10.7 Å². The summed E-state index contributed by atoms with van der Waals surface area (Å²) in [6.07, 6.45) is 0. The minimum absolute atomic E-state index is 0.219. The van der Waals surface area contributed by atoms with Gasteiger partial charge in [0.15, 0.2) is 0 Å². The van der Waals surface area contributed by atoms with E-state index in [1.54, 1.807) is 30.3 Å². The number of nitrogens with zero attached hydrogens (tertiary/aromatic N) is 2. The number of amidine groups is 1. The lowest BCUT2D eigenvalue weighted by Gasteiger charge is -2.06. The first-order valence-corrected chi connectivity index (χ1v) is 7.64. The molecule has 0 fully saturated rings. The van der Waals surface area contributed by atoms with E-state index in [1.165, 1.54) is 23.5 Å². The molecule has 0 aliphatic carbocycles. The van der Waals surface area contributed by atoms with Crippen LogP contribution in [0.25, 0.3) is 10.2 Å². The van der Waals surface area contributed by atoms with Gasteiger partial charge in [0, 0.05) is 0 Å². The van der Waals surface area contributed by atoms with Crippen molar-refractivity contribution in [3.05, 3.63) is 58.9 Å². The zero-order valence-electron chi connectivity index (χ0n) is 11.6. The fraction of sp³-hybridized carbons (Fsp3) is 0. The van der Waals surface area contributed by atoms with Crippen LogP contribution in [0.15, 0.2) is 47.5 Å². The van der Waals surface area contributed by atoms with Gasteiger partial charge in [-0.1, -0.05) is 35.1 Å². The van der Waals surface area contributed by atoms with E-state index < -0.39 is 0 Å². The number of thiazole rings is 1. The number of aliphatic imine (C=N–C) groups is 1. The third kappa shape index (κ3) is 3.46. The van der Waals surface area contributed by atoms with Crippen molar-refractivity contribution in [1.29, 1.82) is 5.41 Å². The van der Waals surface area contributed by atoms with Crippen molar-refractivity contribution in [3.8, 4) is 0 Å². The maximum Gasteiger partial charge on any atom is 0.296 e. The minimum atomic E-state index is -0.346. The number of halogens is 2. The number of aromatic nitrogens is 1. The van der Waals surface area contributed by atoms with E-state index in [0.717, 1.165) is 0 Å². The normalized spacial score (nSPS) is 11.7. The van der Waals surface area contributed by atoms with Crippen LogP contribution in [0.3, 0.4) is 0 Å². The van der Waals surface area contributed by atoms with Gasteiger partial charge in [-0.2, -0.15) is 4.99 Å². The zero-order valence-corrected chi connectivity index (χ0v) is 13.2. The van der Waals surface area contributed by atoms with Gasteiger partial charge in [0.2, 0.25) is 11.0 Å². The third-order valence-electron chi connectivity index (χ3n) is 2.87. The Hall–Kier alpha value is -2.51. The van der Waals surface area contributed by atoms with E-state index in [-0.39, 0.29) is 17.7 Å². The number of benzene rings is 2. The van der Waals surface area contributed by atoms with E-state index in [0.29, 0.717) is 25.9 Å². The van der Waals surface area contributed by atoms with Crippen molar-refractivity contribution >= 4 is 50.2 Å². The minimum Gasteiger partial charge on any atom is -0.407 e. The first-order chi connectivity index (χ1) is 11.0. The standard InChI is InChI=1S/C15H10ClFN4OS/c16-10-4-2-1-3-9(10)13(18)22-14(19)21-15-20-11-6-5-8(17)7-12(11)23-15/h1-7,18H,(H2,19,20,21). The molecule has 5 nitrogen and oxygen atoms in total. The maximum atomic E-state index is 13.2. The summed E-state index contributed by atoms with van der Waals surface area (Å²) in [4.78, 5) is 8.19. The Labute approximate surface area is 139 Å². The highest BCUT2D eigenvalue weighted by molar-refractivity contribution is 7.22. The first-order valence-electron chi connectivity index (χ1n) is 6.44. The summed E-state index contributed by atoms with van der Waals surface area (Å²) in [5.41, 5.74) is 6.70. The molecular formula is C15H10ClFN4OS. The topological polar surface area (TPSA) is 84.3 Å². The van der Waals surface area contributed by atoms with Crippen LogP contribution >= 0.6 is 22.9 Å². The molecule has 1 heterocycles. The molecule has 0 bridgehead atoms. The Balaban J connectivity index is 1.81. The number of nitrogens with two attached hydrogens (primary N) is 1. The van der Waals surface area contributed by atoms with Crippen LogP contribution in [0.5, 0.6) is 0 Å². The predicted octanol–water partition coefficient (Wildman–Crippen LogP) is 4.08. The number of hydrogen-bond donors (Lipinski definition) is 2. The molecule has 0 saturated heterocycles. The second-order valence-electron chi connectivity index (χ2n) is 4.47. The maximum absolute atomic E-state index is 13.2. The summed E-state index contributed by atoms with van der Waals surface area (Å²) in [5, 5.41) is 8.56. The monoisotopic (exact) mass is 348 g/mol. The van der Waals surface area contributed by atoms with Gasteiger partial charge in [0.1, 0.15) is 5.82 Å². The molecule has 0 aliphatic heterocycles. The lowest BCUT2D eigenvalue weighted by molar-refractivity contribution is 0.533. The molecule has 0 amide bonds. The van der Waals surface area contributed by atoms with Crippen LogP contribution in [-0.2, 0) is 4.74 Å². The molecule has 0 radical (unpaired) electrons. The number of ether oxygens (including phenoxy) is 1. The largest absolute Gasteiger partial charge is 0.407 e. The first kappa shape index (κ1) is 15.4. The fourth-order valence-electron chi connectivity index (χ4n) is 1.86. The van der Waals surface area contributed by atoms with Crippen LogP contribution in [-0.4, -0.2) is 16.9 Å². The number of hydrogen-bond acceptors (Lipinski definition) is 5. The molecule has 116 valence electrons. The van der Waals surface area contributed by atoms with E-state index >= 15 is 0 Å². The Morgan fingerprint density at radius 2 is 2.09 bits per heavy atom. The molecule has 23 heavy (non-hydrogen) atoms. The average Bonchev–Trinajstić information content (AvgIpc) is 2.88. The Morgan fingerprint density at radius 3 is 2.87 bits per heavy atom. The average molecular weight is 349 g/mol. The highest BCUT2D eigenvalue weighted by atomic mass is 35.5. The van der Waals surface area contributed by atoms with E-state index in [2.05, 4.69) is 9.98 Å². The predicted molar refractivity (Wildman–Crippen MR) is 90.2 cm³/mol. The fourth-order valence-corrected chi connectivity index (χ4v) is 2.94. The summed E-state index contributed by atoms with van der Waals surface area (Å²) in [5.74, 6) is -0.564. The summed E-state index contributed by atoms with van der Waals surface area (Å²) >= 11 is 7.15. The Kier molecular flexibility index (Phi) is 4.22. The molecule has 3 aromatic rings. The van der Waals surface area contributed by atoms with Gasteiger partial charge in [0.25, 0.3) is 6.02 Å². The van der Waals surface area contributed by atoms with Gasteiger partial charge in [-0.05, 0) is 30.3 Å². The molecule has 0 unspecified atom stereocenters. The molecule has 1 aromatic heterocycles. The van der Waals surface area contributed by atoms with Gasteiger partial charge < -0.3 is 10.5 Å². The van der Waals surface area contributed by atoms with Crippen molar-refractivity contribution in [2.45, 2.75) is 0 Å². The van der Waals surface area contributed by atoms with Crippen LogP contribution in [0.2, 0.25) is 5.02 Å². The van der Waals surface area contributed by atoms with Gasteiger partial charge in [-0.25, -0.2) is 9.37 Å². The SMILES string of the molecule is N=C(O/C(N)=N/c1nc2ccc(F)cc2s1)c1ccccc1Cl.